The van der Waals surface area contributed by atoms with Crippen LogP contribution in [-0.2, 0) is 12.8 Å². The largest absolute Gasteiger partial charge is 0.450 e. The number of aromatic nitrogens is 3. The Bertz CT molecular complexity index is 1330. The second kappa shape index (κ2) is 7.14. The molecule has 30 heavy (non-hydrogen) atoms. The van der Waals surface area contributed by atoms with Crippen LogP contribution in [0.15, 0.2) is 51.9 Å². The molecule has 0 fully saturated rings. The van der Waals surface area contributed by atoms with Gasteiger partial charge < -0.3 is 4.42 Å². The van der Waals surface area contributed by atoms with Crippen molar-refractivity contribution in [2.24, 2.45) is 0 Å². The first-order valence-corrected chi connectivity index (χ1v) is 10.6. The molecule has 0 saturated heterocycles. The average molecular weight is 418 g/mol. The lowest BCUT2D eigenvalue weighted by molar-refractivity contribution is 0.0970. The lowest BCUT2D eigenvalue weighted by Crippen LogP contribution is -2.29. The van der Waals surface area contributed by atoms with E-state index in [1.54, 1.807) is 24.5 Å². The Hall–Kier alpha value is -3.39. The molecule has 1 unspecified atom stereocenters. The fraction of sp³-hybridized carbons (Fsp3) is 0.227. The Morgan fingerprint density at radius 2 is 2.00 bits per heavy atom. The van der Waals surface area contributed by atoms with Crippen LogP contribution in [0.5, 0.6) is 0 Å². The van der Waals surface area contributed by atoms with E-state index < -0.39 is 11.9 Å². The van der Waals surface area contributed by atoms with Crippen LogP contribution < -0.4 is 10.3 Å². The molecule has 0 aliphatic carbocycles. The van der Waals surface area contributed by atoms with Crippen molar-refractivity contribution < 1.29 is 9.21 Å². The standard InChI is InChI=1S/C22H18N4O3S/c1-3-12-7-8-15-14(10-12)19(27)17-18(13-6-5-9-23-11-13)26(21(28)20(17)29-15)22-25-24-16(4-2)30-22/h5-11,18H,3-4H2,1-2H3. The molecule has 0 N–H and O–H groups in total. The molecule has 7 nitrogen and oxygen atoms in total. The normalized spacial score (nSPS) is 15.7. The summed E-state index contributed by atoms with van der Waals surface area (Å²) < 4.78 is 5.98. The van der Waals surface area contributed by atoms with Crippen molar-refractivity contribution in [1.29, 1.82) is 0 Å². The van der Waals surface area contributed by atoms with E-state index in [1.807, 2.05) is 32.0 Å². The zero-order chi connectivity index (χ0) is 20.8. The molecule has 1 aromatic carbocycles. The summed E-state index contributed by atoms with van der Waals surface area (Å²) in [6, 6.07) is 8.47. The molecule has 3 aromatic heterocycles. The summed E-state index contributed by atoms with van der Waals surface area (Å²) in [4.78, 5) is 32.7. The first-order chi connectivity index (χ1) is 14.6. The number of carbonyl (C=O) groups excluding carboxylic acids is 1. The van der Waals surface area contributed by atoms with E-state index in [0.29, 0.717) is 28.1 Å². The molecule has 0 bridgehead atoms. The predicted octanol–water partition coefficient (Wildman–Crippen LogP) is 3.91. The fourth-order valence-corrected chi connectivity index (χ4v) is 4.58. The van der Waals surface area contributed by atoms with Crippen molar-refractivity contribution in [3.8, 4) is 0 Å². The second-order valence-electron chi connectivity index (χ2n) is 7.05. The first-order valence-electron chi connectivity index (χ1n) is 9.77. The van der Waals surface area contributed by atoms with Gasteiger partial charge in [-0.1, -0.05) is 37.3 Å². The minimum Gasteiger partial charge on any atom is -0.450 e. The highest BCUT2D eigenvalue weighted by molar-refractivity contribution is 7.15. The van der Waals surface area contributed by atoms with E-state index in [1.165, 1.54) is 16.2 Å². The Morgan fingerprint density at radius 3 is 2.70 bits per heavy atom. The Labute approximate surface area is 176 Å². The van der Waals surface area contributed by atoms with Crippen molar-refractivity contribution in [3.05, 3.63) is 80.4 Å². The third kappa shape index (κ3) is 2.75. The van der Waals surface area contributed by atoms with E-state index in [2.05, 4.69) is 15.2 Å². The van der Waals surface area contributed by atoms with Gasteiger partial charge in [-0.3, -0.25) is 19.5 Å². The molecule has 8 heteroatoms. The summed E-state index contributed by atoms with van der Waals surface area (Å²) >= 11 is 1.34. The second-order valence-corrected chi connectivity index (χ2v) is 8.09. The molecular formula is C22H18N4O3S. The van der Waals surface area contributed by atoms with Gasteiger partial charge in [0.05, 0.1) is 17.0 Å². The number of rotatable bonds is 4. The highest BCUT2D eigenvalue weighted by Gasteiger charge is 2.45. The molecule has 150 valence electrons. The van der Waals surface area contributed by atoms with Crippen molar-refractivity contribution in [1.82, 2.24) is 15.2 Å². The molecule has 5 rings (SSSR count). The van der Waals surface area contributed by atoms with Gasteiger partial charge in [-0.05, 0) is 42.2 Å². The van der Waals surface area contributed by atoms with Crippen molar-refractivity contribution >= 4 is 33.3 Å². The molecule has 4 aromatic rings. The Morgan fingerprint density at radius 1 is 1.13 bits per heavy atom. The number of nitrogens with zero attached hydrogens (tertiary/aromatic N) is 4. The van der Waals surface area contributed by atoms with Gasteiger partial charge in [0.1, 0.15) is 10.6 Å². The monoisotopic (exact) mass is 418 g/mol. The van der Waals surface area contributed by atoms with E-state index >= 15 is 0 Å². The fourth-order valence-electron chi connectivity index (χ4n) is 3.78. The number of benzene rings is 1. The Balaban J connectivity index is 1.79. The van der Waals surface area contributed by atoms with Crippen LogP contribution in [0.3, 0.4) is 0 Å². The summed E-state index contributed by atoms with van der Waals surface area (Å²) in [6.07, 6.45) is 4.83. The summed E-state index contributed by atoms with van der Waals surface area (Å²) in [5.41, 5.74) is 2.28. The molecule has 4 heterocycles. The third-order valence-corrected chi connectivity index (χ3v) is 6.37. The highest BCUT2D eigenvalue weighted by Crippen LogP contribution is 2.41. The number of amides is 1. The van der Waals surface area contributed by atoms with E-state index in [4.69, 9.17) is 4.42 Å². The van der Waals surface area contributed by atoms with E-state index in [9.17, 15) is 9.59 Å². The number of hydrogen-bond donors (Lipinski definition) is 0. The number of hydrogen-bond acceptors (Lipinski definition) is 7. The van der Waals surface area contributed by atoms with Crippen LogP contribution in [0, 0.1) is 0 Å². The van der Waals surface area contributed by atoms with E-state index in [0.717, 1.165) is 22.6 Å². The summed E-state index contributed by atoms with van der Waals surface area (Å²) in [7, 11) is 0. The van der Waals surface area contributed by atoms with Gasteiger partial charge in [-0.2, -0.15) is 0 Å². The molecule has 0 spiro atoms. The number of fused-ring (bicyclic) bond motifs is 2. The molecular weight excluding hydrogens is 400 g/mol. The number of aryl methyl sites for hydroxylation is 2. The van der Waals surface area contributed by atoms with E-state index in [-0.39, 0.29) is 11.2 Å². The highest BCUT2D eigenvalue weighted by atomic mass is 32.1. The maximum Gasteiger partial charge on any atom is 0.297 e. The number of anilines is 1. The summed E-state index contributed by atoms with van der Waals surface area (Å²) in [5, 5.41) is 10.1. The first kappa shape index (κ1) is 18.6. The maximum atomic E-state index is 13.6. The average Bonchev–Trinajstić information content (AvgIpc) is 3.37. The smallest absolute Gasteiger partial charge is 0.297 e. The molecule has 0 radical (unpaired) electrons. The topological polar surface area (TPSA) is 89.2 Å². The quantitative estimate of drug-likeness (QED) is 0.499. The van der Waals surface area contributed by atoms with Gasteiger partial charge in [0.2, 0.25) is 10.9 Å². The minimum atomic E-state index is -0.662. The van der Waals surface area contributed by atoms with Crippen LogP contribution >= 0.6 is 11.3 Å². The molecule has 1 aliphatic rings. The SMILES string of the molecule is CCc1ccc2oc3c(c(=O)c2c1)C(c1cccnc1)N(c1nnc(CC)s1)C3=O. The molecule has 0 saturated carbocycles. The lowest BCUT2D eigenvalue weighted by atomic mass is 9.99. The molecule has 1 amide bonds. The van der Waals surface area contributed by atoms with Gasteiger partial charge in [-0.15, -0.1) is 10.2 Å². The van der Waals surface area contributed by atoms with Crippen LogP contribution in [0.25, 0.3) is 11.0 Å². The summed E-state index contributed by atoms with van der Waals surface area (Å²) in [5.74, 6) is -0.338. The van der Waals surface area contributed by atoms with Crippen LogP contribution in [0.1, 0.15) is 52.1 Å². The van der Waals surface area contributed by atoms with Gasteiger partial charge in [0.15, 0.2) is 5.43 Å². The summed E-state index contributed by atoms with van der Waals surface area (Å²) in [6.45, 7) is 4.01. The van der Waals surface area contributed by atoms with Crippen molar-refractivity contribution in [3.63, 3.8) is 0 Å². The van der Waals surface area contributed by atoms with Crippen molar-refractivity contribution in [2.75, 3.05) is 4.90 Å². The zero-order valence-electron chi connectivity index (χ0n) is 16.5. The van der Waals surface area contributed by atoms with Gasteiger partial charge in [0.25, 0.3) is 5.91 Å². The van der Waals surface area contributed by atoms with Gasteiger partial charge in [0, 0.05) is 12.4 Å². The third-order valence-electron chi connectivity index (χ3n) is 5.31. The number of pyridine rings is 1. The van der Waals surface area contributed by atoms with Gasteiger partial charge in [-0.25, -0.2) is 0 Å². The van der Waals surface area contributed by atoms with Gasteiger partial charge >= 0.3 is 0 Å². The maximum absolute atomic E-state index is 13.6. The predicted molar refractivity (Wildman–Crippen MR) is 114 cm³/mol. The molecule has 1 aliphatic heterocycles. The van der Waals surface area contributed by atoms with Crippen LogP contribution in [-0.4, -0.2) is 21.1 Å². The Kier molecular flexibility index (Phi) is 4.43. The number of carbonyl (C=O) groups is 1. The zero-order valence-corrected chi connectivity index (χ0v) is 17.3. The molecule has 1 atom stereocenters. The van der Waals surface area contributed by atoms with Crippen molar-refractivity contribution in [2.45, 2.75) is 32.7 Å². The van der Waals surface area contributed by atoms with Crippen LogP contribution in [0.4, 0.5) is 5.13 Å². The lowest BCUT2D eigenvalue weighted by Gasteiger charge is -2.21. The van der Waals surface area contributed by atoms with Crippen LogP contribution in [0.2, 0.25) is 0 Å². The minimum absolute atomic E-state index is 0.0545.